The minimum Gasteiger partial charge on any atom is -0.487 e. The summed E-state index contributed by atoms with van der Waals surface area (Å²) in [6, 6.07) is 7.89. The van der Waals surface area contributed by atoms with E-state index in [2.05, 4.69) is 20.4 Å². The van der Waals surface area contributed by atoms with Crippen molar-refractivity contribution < 1.29 is 22.6 Å². The summed E-state index contributed by atoms with van der Waals surface area (Å²) in [5, 5.41) is 6.48. The van der Waals surface area contributed by atoms with E-state index in [1.165, 1.54) is 0 Å². The van der Waals surface area contributed by atoms with Gasteiger partial charge in [-0.05, 0) is 26.3 Å². The largest absolute Gasteiger partial charge is 0.487 e. The van der Waals surface area contributed by atoms with Crippen molar-refractivity contribution in [3.8, 4) is 5.75 Å². The Balaban J connectivity index is 1.84. The van der Waals surface area contributed by atoms with Crippen molar-refractivity contribution in [2.24, 2.45) is 4.99 Å². The van der Waals surface area contributed by atoms with Crippen molar-refractivity contribution in [1.82, 2.24) is 10.6 Å². The third-order valence-corrected chi connectivity index (χ3v) is 3.93. The number of rotatable bonds is 6. The summed E-state index contributed by atoms with van der Waals surface area (Å²) in [5.74, 6) is 1.44. The maximum absolute atomic E-state index is 12.0. The van der Waals surface area contributed by atoms with Crippen LogP contribution in [0, 0.1) is 0 Å². The zero-order valence-corrected chi connectivity index (χ0v) is 15.3. The lowest BCUT2D eigenvalue weighted by atomic mass is 9.90. The summed E-state index contributed by atoms with van der Waals surface area (Å²) in [5.41, 5.74) is 0.749. The van der Waals surface area contributed by atoms with Gasteiger partial charge in [-0.2, -0.15) is 13.2 Å². The van der Waals surface area contributed by atoms with Gasteiger partial charge in [0.2, 0.25) is 0 Å². The van der Waals surface area contributed by atoms with E-state index in [1.807, 2.05) is 38.1 Å². The first kappa shape index (κ1) is 20.4. The topological polar surface area (TPSA) is 54.9 Å². The van der Waals surface area contributed by atoms with Crippen LogP contribution in [-0.4, -0.2) is 44.5 Å². The van der Waals surface area contributed by atoms with E-state index in [1.54, 1.807) is 7.05 Å². The number of alkyl halides is 3. The number of para-hydroxylation sites is 1. The van der Waals surface area contributed by atoms with Gasteiger partial charge in [-0.25, -0.2) is 0 Å². The van der Waals surface area contributed by atoms with Crippen LogP contribution in [0.5, 0.6) is 5.75 Å². The summed E-state index contributed by atoms with van der Waals surface area (Å²) in [7, 11) is 1.66. The number of halogens is 3. The lowest BCUT2D eigenvalue weighted by molar-refractivity contribution is -0.173. The molecule has 146 valence electrons. The highest BCUT2D eigenvalue weighted by Crippen LogP contribution is 2.39. The van der Waals surface area contributed by atoms with E-state index in [0.717, 1.165) is 17.7 Å². The molecule has 1 aliphatic rings. The standard InChI is InChI=1S/C18H26F3N3O2/c1-17(2)11-14(13-7-4-5-8-15(13)26-17)24-16(22-3)23-9-6-10-25-12-18(19,20)21/h4-5,7-8,14H,6,9-12H2,1-3H3,(H2,22,23,24). The number of nitrogens with zero attached hydrogens (tertiary/aromatic N) is 1. The number of nitrogens with one attached hydrogen (secondary N) is 2. The fourth-order valence-corrected chi connectivity index (χ4v) is 2.86. The number of hydrogen-bond donors (Lipinski definition) is 2. The molecule has 0 spiro atoms. The van der Waals surface area contributed by atoms with Crippen LogP contribution in [0.15, 0.2) is 29.3 Å². The Bertz CT molecular complexity index is 618. The van der Waals surface area contributed by atoms with Gasteiger partial charge in [-0.1, -0.05) is 18.2 Å². The Morgan fingerprint density at radius 2 is 2.08 bits per heavy atom. The summed E-state index contributed by atoms with van der Waals surface area (Å²) >= 11 is 0. The number of fused-ring (bicyclic) bond motifs is 1. The smallest absolute Gasteiger partial charge is 0.411 e. The van der Waals surface area contributed by atoms with Crippen LogP contribution >= 0.6 is 0 Å². The minimum atomic E-state index is -4.28. The van der Waals surface area contributed by atoms with E-state index in [0.29, 0.717) is 18.9 Å². The first-order valence-electron chi connectivity index (χ1n) is 8.60. The maximum Gasteiger partial charge on any atom is 0.411 e. The molecule has 26 heavy (non-hydrogen) atoms. The Kier molecular flexibility index (Phi) is 6.75. The molecule has 0 bridgehead atoms. The van der Waals surface area contributed by atoms with Gasteiger partial charge in [0.25, 0.3) is 0 Å². The van der Waals surface area contributed by atoms with Crippen LogP contribution in [0.25, 0.3) is 0 Å². The zero-order valence-electron chi connectivity index (χ0n) is 15.3. The van der Waals surface area contributed by atoms with Crippen LogP contribution in [0.3, 0.4) is 0 Å². The maximum atomic E-state index is 12.0. The number of hydrogen-bond acceptors (Lipinski definition) is 3. The summed E-state index contributed by atoms with van der Waals surface area (Å²) in [6.07, 6.45) is -3.07. The van der Waals surface area contributed by atoms with Crippen LogP contribution in [0.2, 0.25) is 0 Å². The van der Waals surface area contributed by atoms with Gasteiger partial charge >= 0.3 is 6.18 Å². The molecule has 1 aromatic carbocycles. The SMILES string of the molecule is CN=C(NCCCOCC(F)(F)F)NC1CC(C)(C)Oc2ccccc21. The molecule has 2 N–H and O–H groups in total. The average molecular weight is 373 g/mol. The van der Waals surface area contributed by atoms with Gasteiger partial charge in [-0.3, -0.25) is 4.99 Å². The van der Waals surface area contributed by atoms with Crippen molar-refractivity contribution in [3.05, 3.63) is 29.8 Å². The second kappa shape index (κ2) is 8.62. The Hall–Kier alpha value is -1.96. The number of guanidine groups is 1. The fourth-order valence-electron chi connectivity index (χ4n) is 2.86. The first-order chi connectivity index (χ1) is 12.2. The number of benzene rings is 1. The molecule has 1 heterocycles. The monoisotopic (exact) mass is 373 g/mol. The van der Waals surface area contributed by atoms with Crippen molar-refractivity contribution in [2.75, 3.05) is 26.8 Å². The summed E-state index contributed by atoms with van der Waals surface area (Å²) < 4.78 is 46.6. The summed E-state index contributed by atoms with van der Waals surface area (Å²) in [6.45, 7) is 3.36. The average Bonchev–Trinajstić information content (AvgIpc) is 2.54. The summed E-state index contributed by atoms with van der Waals surface area (Å²) in [4.78, 5) is 4.19. The Labute approximate surface area is 152 Å². The molecule has 1 aliphatic heterocycles. The highest BCUT2D eigenvalue weighted by atomic mass is 19.4. The Morgan fingerprint density at radius 1 is 1.35 bits per heavy atom. The molecule has 1 aromatic rings. The minimum absolute atomic E-state index is 0.0302. The Morgan fingerprint density at radius 3 is 2.77 bits per heavy atom. The molecular formula is C18H26F3N3O2. The molecule has 0 aliphatic carbocycles. The van der Waals surface area contributed by atoms with Gasteiger partial charge in [0.15, 0.2) is 5.96 Å². The predicted octanol–water partition coefficient (Wildman–Crippen LogP) is 3.42. The normalized spacial score (nSPS) is 19.5. The van der Waals surface area contributed by atoms with Crippen molar-refractivity contribution in [3.63, 3.8) is 0 Å². The molecule has 1 unspecified atom stereocenters. The van der Waals surface area contributed by atoms with E-state index < -0.39 is 12.8 Å². The van der Waals surface area contributed by atoms with Gasteiger partial charge in [0.05, 0.1) is 6.04 Å². The molecule has 5 nitrogen and oxygen atoms in total. The highest BCUT2D eigenvalue weighted by molar-refractivity contribution is 5.80. The van der Waals surface area contributed by atoms with Crippen LogP contribution in [0.4, 0.5) is 13.2 Å². The molecule has 8 heteroatoms. The van der Waals surface area contributed by atoms with E-state index in [9.17, 15) is 13.2 Å². The number of aliphatic imine (C=N–C) groups is 1. The molecular weight excluding hydrogens is 347 g/mol. The number of ether oxygens (including phenoxy) is 2. The van der Waals surface area contributed by atoms with Crippen molar-refractivity contribution in [2.45, 2.75) is 44.5 Å². The lowest BCUT2D eigenvalue weighted by Gasteiger charge is -2.38. The molecule has 1 atom stereocenters. The predicted molar refractivity (Wildman–Crippen MR) is 94.5 cm³/mol. The van der Waals surface area contributed by atoms with E-state index in [4.69, 9.17) is 4.74 Å². The molecule has 0 amide bonds. The third kappa shape index (κ3) is 6.40. The third-order valence-electron chi connectivity index (χ3n) is 3.93. The van der Waals surface area contributed by atoms with E-state index in [-0.39, 0.29) is 18.2 Å². The van der Waals surface area contributed by atoms with Gasteiger partial charge in [0.1, 0.15) is 18.0 Å². The first-order valence-corrected chi connectivity index (χ1v) is 8.60. The molecule has 0 saturated carbocycles. The molecule has 2 rings (SSSR count). The van der Waals surface area contributed by atoms with Gasteiger partial charge < -0.3 is 20.1 Å². The van der Waals surface area contributed by atoms with Gasteiger partial charge in [-0.15, -0.1) is 0 Å². The highest BCUT2D eigenvalue weighted by Gasteiger charge is 2.34. The van der Waals surface area contributed by atoms with Crippen LogP contribution in [-0.2, 0) is 4.74 Å². The van der Waals surface area contributed by atoms with Gasteiger partial charge in [0, 0.05) is 32.2 Å². The molecule has 0 fully saturated rings. The fraction of sp³-hybridized carbons (Fsp3) is 0.611. The van der Waals surface area contributed by atoms with Crippen LogP contribution in [0.1, 0.15) is 38.3 Å². The van der Waals surface area contributed by atoms with E-state index >= 15 is 0 Å². The van der Waals surface area contributed by atoms with Crippen LogP contribution < -0.4 is 15.4 Å². The van der Waals surface area contributed by atoms with Crippen molar-refractivity contribution >= 4 is 5.96 Å². The van der Waals surface area contributed by atoms with Crippen molar-refractivity contribution in [1.29, 1.82) is 0 Å². The lowest BCUT2D eigenvalue weighted by Crippen LogP contribution is -2.45. The molecule has 0 saturated heterocycles. The quantitative estimate of drug-likeness (QED) is 0.456. The second-order valence-electron chi connectivity index (χ2n) is 6.82. The molecule has 0 aromatic heterocycles. The zero-order chi connectivity index (χ0) is 19.2. The molecule has 0 radical (unpaired) electrons. The second-order valence-corrected chi connectivity index (χ2v) is 6.82.